The number of esters is 4. The molecule has 0 N–H and O–H groups in total. The molecule has 74 heavy (non-hydrogen) atoms. The van der Waals surface area contributed by atoms with Gasteiger partial charge in [0.25, 0.3) is 0 Å². The molecule has 4 saturated carbocycles. The van der Waals surface area contributed by atoms with Crippen LogP contribution in [0.25, 0.3) is 0 Å². The van der Waals surface area contributed by atoms with Gasteiger partial charge in [0.05, 0.1) is 11.8 Å². The Bertz CT molecular complexity index is 2260. The Labute approximate surface area is 478 Å². The molecule has 8 bridgehead atoms. The van der Waals surface area contributed by atoms with E-state index >= 15 is 0 Å². The van der Waals surface area contributed by atoms with E-state index < -0.39 is 68.1 Å². The number of rotatable bonds is 8. The zero-order chi connectivity index (χ0) is 52.2. The number of benzene rings is 2. The first-order chi connectivity index (χ1) is 33.8. The van der Waals surface area contributed by atoms with Gasteiger partial charge < -0.3 is 45.0 Å². The molecule has 2 aromatic carbocycles. The fourth-order valence-corrected chi connectivity index (χ4v) is 17.3. The Balaban J connectivity index is 0.000000182. The second kappa shape index (κ2) is 27.0. The molecular weight excluding hydrogens is 1100 g/mol. The van der Waals surface area contributed by atoms with Crippen molar-refractivity contribution in [3.63, 3.8) is 0 Å². The van der Waals surface area contributed by atoms with Crippen LogP contribution in [0, 0.1) is 35.5 Å². The molecule has 20 heteroatoms. The molecule has 0 amide bonds. The minimum atomic E-state index is -4.65. The Morgan fingerprint density at radius 2 is 0.865 bits per heavy atom. The van der Waals surface area contributed by atoms with Crippen molar-refractivity contribution < 1.29 is 111 Å². The van der Waals surface area contributed by atoms with E-state index in [0.29, 0.717) is 59.3 Å². The summed E-state index contributed by atoms with van der Waals surface area (Å²) in [5.41, 5.74) is 3.48. The summed E-state index contributed by atoms with van der Waals surface area (Å²) in [6.45, 7) is 13.7. The van der Waals surface area contributed by atoms with Gasteiger partial charge in [0.15, 0.2) is 9.79 Å². The molecule has 408 valence electrons. The molecule has 4 aliphatic carbocycles. The fourth-order valence-electron chi connectivity index (χ4n) is 12.0. The molecule has 0 radical (unpaired) electrons. The van der Waals surface area contributed by atoms with E-state index in [4.69, 9.17) is 18.9 Å². The van der Waals surface area contributed by atoms with E-state index in [1.165, 1.54) is 72.7 Å². The van der Waals surface area contributed by atoms with Gasteiger partial charge in [-0.25, -0.2) is 16.8 Å². The largest absolute Gasteiger partial charge is 1.00 e. The third kappa shape index (κ3) is 18.2. The van der Waals surface area contributed by atoms with Crippen molar-refractivity contribution in [2.75, 3.05) is 34.5 Å². The number of hydrogen-bond acceptors (Lipinski definition) is 14. The second-order valence-corrected chi connectivity index (χ2v) is 30.6. The summed E-state index contributed by atoms with van der Waals surface area (Å²) in [6, 6.07) is 18.8. The number of fused-ring (bicyclic) bond motifs is 2. The van der Waals surface area contributed by atoms with Crippen molar-refractivity contribution in [2.45, 2.75) is 176 Å². The van der Waals surface area contributed by atoms with Crippen LogP contribution in [0.5, 0.6) is 0 Å². The van der Waals surface area contributed by atoms with Crippen molar-refractivity contribution in [3.05, 3.63) is 59.7 Å². The molecule has 14 nitrogen and oxygen atoms in total. The smallest absolute Gasteiger partial charge is 1.00 e. The molecule has 6 saturated heterocycles. The SMILES string of the molecule is CC(C)(C)c1ccc([S+]2CCCCC2)cc1.CC(C)(C)c1ccc([S+]2CCCCC2)cc1.O=C(CS(=O)(=O)[O-])OC1C2CC3CC(C2)C(=O)OC1C3.O=C(CS(=O)(=O)[O-])OC1C2CC3CC(C2)C(=O)OC1C3.[Br-].[Na+]. The van der Waals surface area contributed by atoms with Crippen molar-refractivity contribution >= 4 is 65.9 Å². The van der Waals surface area contributed by atoms with Crippen LogP contribution in [-0.2, 0) is 91.0 Å². The van der Waals surface area contributed by atoms with Gasteiger partial charge in [0, 0.05) is 33.6 Å². The molecule has 0 aromatic heterocycles. The summed E-state index contributed by atoms with van der Waals surface area (Å²) >= 11 is 0. The van der Waals surface area contributed by atoms with E-state index in [1.807, 2.05) is 0 Å². The predicted octanol–water partition coefficient (Wildman–Crippen LogP) is 1.91. The first-order valence-electron chi connectivity index (χ1n) is 26.0. The molecule has 10 fully saturated rings. The quantitative estimate of drug-likeness (QED) is 0.121. The molecule has 10 aliphatic rings. The number of carbonyl (C=O) groups is 4. The van der Waals surface area contributed by atoms with Gasteiger partial charge in [-0.1, -0.05) is 65.8 Å². The van der Waals surface area contributed by atoms with Crippen LogP contribution in [0.2, 0.25) is 0 Å². The second-order valence-electron chi connectivity index (χ2n) is 23.3. The normalized spacial score (nSPS) is 29.3. The Morgan fingerprint density at radius 3 is 1.16 bits per heavy atom. The minimum absolute atomic E-state index is 0. The molecule has 10 unspecified atom stereocenters. The maximum Gasteiger partial charge on any atom is 1.00 e. The third-order valence-corrected chi connectivity index (χ3v) is 21.7. The van der Waals surface area contributed by atoms with Crippen LogP contribution >= 0.6 is 0 Å². The predicted molar refractivity (Wildman–Crippen MR) is 275 cm³/mol. The first kappa shape index (κ1) is 63.2. The Hall–Kier alpha value is -1.68. The van der Waals surface area contributed by atoms with E-state index in [0.717, 1.165) is 25.7 Å². The topological polar surface area (TPSA) is 220 Å². The van der Waals surface area contributed by atoms with E-state index in [1.54, 1.807) is 9.79 Å². The average molecular weight is 1180 g/mol. The van der Waals surface area contributed by atoms with Crippen LogP contribution in [0.4, 0.5) is 0 Å². The standard InChI is InChI=1S/2C15H23S.2C12H16O7S.BrH.Na/c2*1-15(2,3)13-7-9-14(10-8-13)16-11-5-4-6-12-16;2*13-10(5-20(15,16)17)19-11-7-1-6-2-8(4-7)12(14)18-9(11)3-6;;/h2*7-10H,4-6,11-12H2,1-3H3;2*6-9,11H,1-5H2,(H,15,16,17);1H;/q2*+1;;;;+1/p-3. The number of halogens is 1. The maximum absolute atomic E-state index is 11.8. The van der Waals surface area contributed by atoms with Gasteiger partial charge in [0.2, 0.25) is 0 Å². The number of ether oxygens (including phenoxy) is 4. The monoisotopic (exact) mass is 1180 g/mol. The van der Waals surface area contributed by atoms with Crippen molar-refractivity contribution in [3.8, 4) is 0 Å². The van der Waals surface area contributed by atoms with Crippen LogP contribution < -0.4 is 46.5 Å². The average Bonchev–Trinajstić information content (AvgIpc) is 3.57. The molecule has 2 aromatic rings. The molecular formula is C54H76BrNaO14S4. The van der Waals surface area contributed by atoms with Gasteiger partial charge >= 0.3 is 53.4 Å². The number of hydrogen-bond donors (Lipinski definition) is 0. The Kier molecular flexibility index (Phi) is 23.0. The van der Waals surface area contributed by atoms with Crippen LogP contribution in [0.15, 0.2) is 58.3 Å². The first-order valence-corrected chi connectivity index (χ1v) is 32.3. The number of carbonyl (C=O) groups excluding carboxylic acids is 4. The summed E-state index contributed by atoms with van der Waals surface area (Å²) in [5.74, 6) is 1.26. The molecule has 0 spiro atoms. The summed E-state index contributed by atoms with van der Waals surface area (Å²) in [6.07, 6.45) is 12.2. The van der Waals surface area contributed by atoms with E-state index in [9.17, 15) is 45.1 Å². The van der Waals surface area contributed by atoms with Crippen molar-refractivity contribution in [1.29, 1.82) is 0 Å². The summed E-state index contributed by atoms with van der Waals surface area (Å²) < 4.78 is 84.3. The summed E-state index contributed by atoms with van der Waals surface area (Å²) in [5, 5.41) is 0. The zero-order valence-corrected chi connectivity index (χ0v) is 51.1. The van der Waals surface area contributed by atoms with Gasteiger partial charge in [-0.3, -0.25) is 19.2 Å². The molecule has 10 atom stereocenters. The summed E-state index contributed by atoms with van der Waals surface area (Å²) in [4.78, 5) is 49.8. The maximum atomic E-state index is 11.8. The molecule has 12 rings (SSSR count). The fraction of sp³-hybridized carbons (Fsp3) is 0.704. The van der Waals surface area contributed by atoms with Gasteiger partial charge in [0.1, 0.15) is 79.2 Å². The van der Waals surface area contributed by atoms with Crippen LogP contribution in [-0.4, -0.2) is 109 Å². The van der Waals surface area contributed by atoms with Crippen molar-refractivity contribution in [1.82, 2.24) is 0 Å². The van der Waals surface area contributed by atoms with Gasteiger partial charge in [-0.05, 0) is 148 Å². The van der Waals surface area contributed by atoms with E-state index in [-0.39, 0.29) is 93.0 Å². The van der Waals surface area contributed by atoms with Crippen molar-refractivity contribution in [2.24, 2.45) is 35.5 Å². The van der Waals surface area contributed by atoms with Gasteiger partial charge in [-0.2, -0.15) is 0 Å². The molecule has 6 aliphatic heterocycles. The molecule has 6 heterocycles. The van der Waals surface area contributed by atoms with Crippen LogP contribution in [0.1, 0.15) is 143 Å². The summed E-state index contributed by atoms with van der Waals surface area (Å²) in [7, 11) is -8.19. The zero-order valence-electron chi connectivity index (χ0n) is 44.3. The Morgan fingerprint density at radius 1 is 0.541 bits per heavy atom. The van der Waals surface area contributed by atoms with E-state index in [2.05, 4.69) is 90.1 Å². The third-order valence-electron chi connectivity index (χ3n) is 15.5. The minimum Gasteiger partial charge on any atom is -1.00 e. The van der Waals surface area contributed by atoms with Gasteiger partial charge in [-0.15, -0.1) is 0 Å². The van der Waals surface area contributed by atoms with Crippen LogP contribution in [0.3, 0.4) is 0 Å².